The number of likely N-dealkylation sites (tertiary alicyclic amines) is 2. The van der Waals surface area contributed by atoms with E-state index in [1.165, 1.54) is 0 Å². The molecule has 5 nitrogen and oxygen atoms in total. The molecule has 1 saturated carbocycles. The van der Waals surface area contributed by atoms with Crippen molar-refractivity contribution in [2.45, 2.75) is 38.0 Å². The molecule has 5 heteroatoms. The van der Waals surface area contributed by atoms with E-state index in [-0.39, 0.29) is 23.8 Å². The maximum absolute atomic E-state index is 12.5. The van der Waals surface area contributed by atoms with Crippen molar-refractivity contribution < 1.29 is 14.3 Å². The van der Waals surface area contributed by atoms with Crippen molar-refractivity contribution >= 4 is 11.8 Å². The molecule has 122 valence electrons. The van der Waals surface area contributed by atoms with Crippen molar-refractivity contribution in [3.8, 4) is 0 Å². The summed E-state index contributed by atoms with van der Waals surface area (Å²) >= 11 is 0. The van der Waals surface area contributed by atoms with E-state index in [2.05, 4.69) is 0 Å². The summed E-state index contributed by atoms with van der Waals surface area (Å²) in [5, 5.41) is 0. The van der Waals surface area contributed by atoms with E-state index in [1.807, 2.05) is 40.1 Å². The average Bonchev–Trinajstić information content (AvgIpc) is 3.29. The lowest BCUT2D eigenvalue weighted by Crippen LogP contribution is -2.56. The zero-order valence-electron chi connectivity index (χ0n) is 13.2. The van der Waals surface area contributed by atoms with Crippen molar-refractivity contribution in [3.05, 3.63) is 35.9 Å². The summed E-state index contributed by atoms with van der Waals surface area (Å²) in [6, 6.07) is 10.5. The standard InChI is InChI=1S/C18H22N2O3/c21-17-8-14(9-20(17)15-6-7-15)18(22)19-10-16(11-19)23-12-13-4-2-1-3-5-13/h1-5,14-16H,6-12H2/t14-/m1/s1. The molecule has 1 aliphatic carbocycles. The molecule has 4 rings (SSSR count). The van der Waals surface area contributed by atoms with Crippen LogP contribution in [0.3, 0.4) is 0 Å². The van der Waals surface area contributed by atoms with Gasteiger partial charge in [-0.25, -0.2) is 0 Å². The predicted octanol–water partition coefficient (Wildman–Crippen LogP) is 1.42. The quantitative estimate of drug-likeness (QED) is 0.826. The van der Waals surface area contributed by atoms with Crippen LogP contribution in [0.2, 0.25) is 0 Å². The first kappa shape index (κ1) is 14.7. The highest BCUT2D eigenvalue weighted by molar-refractivity contribution is 5.90. The molecule has 0 N–H and O–H groups in total. The van der Waals surface area contributed by atoms with E-state index in [0.29, 0.717) is 38.7 Å². The summed E-state index contributed by atoms with van der Waals surface area (Å²) in [5.74, 6) is 0.141. The van der Waals surface area contributed by atoms with Gasteiger partial charge in [0.2, 0.25) is 11.8 Å². The van der Waals surface area contributed by atoms with E-state index in [4.69, 9.17) is 4.74 Å². The summed E-state index contributed by atoms with van der Waals surface area (Å²) in [5.41, 5.74) is 1.15. The van der Waals surface area contributed by atoms with Crippen LogP contribution in [0.25, 0.3) is 0 Å². The Balaban J connectivity index is 1.22. The molecule has 2 heterocycles. The van der Waals surface area contributed by atoms with Gasteiger partial charge >= 0.3 is 0 Å². The van der Waals surface area contributed by atoms with Gasteiger partial charge in [0.1, 0.15) is 0 Å². The van der Waals surface area contributed by atoms with Crippen LogP contribution in [-0.2, 0) is 20.9 Å². The molecule has 1 aromatic carbocycles. The van der Waals surface area contributed by atoms with Crippen LogP contribution >= 0.6 is 0 Å². The van der Waals surface area contributed by atoms with Crippen LogP contribution in [-0.4, -0.2) is 53.4 Å². The van der Waals surface area contributed by atoms with Crippen LogP contribution < -0.4 is 0 Å². The molecule has 3 fully saturated rings. The van der Waals surface area contributed by atoms with Crippen molar-refractivity contribution in [3.63, 3.8) is 0 Å². The fourth-order valence-electron chi connectivity index (χ4n) is 3.41. The molecule has 0 spiro atoms. The Bertz CT molecular complexity index is 594. The summed E-state index contributed by atoms with van der Waals surface area (Å²) in [4.78, 5) is 28.2. The lowest BCUT2D eigenvalue weighted by molar-refractivity contribution is -0.150. The fraction of sp³-hybridized carbons (Fsp3) is 0.556. The molecular formula is C18H22N2O3. The van der Waals surface area contributed by atoms with E-state index in [1.54, 1.807) is 0 Å². The summed E-state index contributed by atoms with van der Waals surface area (Å²) in [6.45, 7) is 2.51. The van der Waals surface area contributed by atoms with E-state index in [0.717, 1.165) is 18.4 Å². The van der Waals surface area contributed by atoms with Gasteiger partial charge in [0.05, 0.1) is 18.6 Å². The molecule has 1 atom stereocenters. The molecule has 23 heavy (non-hydrogen) atoms. The summed E-state index contributed by atoms with van der Waals surface area (Å²) in [7, 11) is 0. The second kappa shape index (κ2) is 5.96. The molecule has 0 aromatic heterocycles. The highest BCUT2D eigenvalue weighted by atomic mass is 16.5. The van der Waals surface area contributed by atoms with Gasteiger partial charge in [-0.15, -0.1) is 0 Å². The Morgan fingerprint density at radius 1 is 1.13 bits per heavy atom. The van der Waals surface area contributed by atoms with Gasteiger partial charge in [0.25, 0.3) is 0 Å². The number of hydrogen-bond donors (Lipinski definition) is 0. The molecule has 2 saturated heterocycles. The highest BCUT2D eigenvalue weighted by Crippen LogP contribution is 2.33. The molecule has 0 radical (unpaired) electrons. The second-order valence-corrected chi connectivity index (χ2v) is 6.84. The van der Waals surface area contributed by atoms with Crippen molar-refractivity contribution in [1.82, 2.24) is 9.80 Å². The topological polar surface area (TPSA) is 49.9 Å². The number of ether oxygens (including phenoxy) is 1. The van der Waals surface area contributed by atoms with Crippen molar-refractivity contribution in [2.75, 3.05) is 19.6 Å². The van der Waals surface area contributed by atoms with Crippen LogP contribution in [0, 0.1) is 5.92 Å². The molecule has 3 aliphatic rings. The summed E-state index contributed by atoms with van der Waals surface area (Å²) < 4.78 is 5.83. The Morgan fingerprint density at radius 2 is 1.87 bits per heavy atom. The minimum atomic E-state index is -0.141. The van der Waals surface area contributed by atoms with Gasteiger partial charge in [0.15, 0.2) is 0 Å². The molecule has 0 bridgehead atoms. The zero-order valence-corrected chi connectivity index (χ0v) is 13.2. The number of nitrogens with zero attached hydrogens (tertiary/aromatic N) is 2. The first-order valence-corrected chi connectivity index (χ1v) is 8.44. The van der Waals surface area contributed by atoms with Gasteiger partial charge in [-0.05, 0) is 18.4 Å². The maximum atomic E-state index is 12.5. The Hall–Kier alpha value is -1.88. The van der Waals surface area contributed by atoms with Gasteiger partial charge < -0.3 is 14.5 Å². The van der Waals surface area contributed by atoms with Crippen LogP contribution in [0.15, 0.2) is 30.3 Å². The largest absolute Gasteiger partial charge is 0.370 e. The van der Waals surface area contributed by atoms with Crippen molar-refractivity contribution in [1.29, 1.82) is 0 Å². The molecule has 2 amide bonds. The smallest absolute Gasteiger partial charge is 0.228 e. The second-order valence-electron chi connectivity index (χ2n) is 6.84. The van der Waals surface area contributed by atoms with Crippen LogP contribution in [0.1, 0.15) is 24.8 Å². The van der Waals surface area contributed by atoms with Crippen LogP contribution in [0.5, 0.6) is 0 Å². The van der Waals surface area contributed by atoms with Gasteiger partial charge in [0, 0.05) is 32.1 Å². The third-order valence-corrected chi connectivity index (χ3v) is 4.98. The van der Waals surface area contributed by atoms with Crippen molar-refractivity contribution in [2.24, 2.45) is 5.92 Å². The molecule has 2 aliphatic heterocycles. The Morgan fingerprint density at radius 3 is 2.57 bits per heavy atom. The fourth-order valence-corrected chi connectivity index (χ4v) is 3.41. The average molecular weight is 314 g/mol. The van der Waals surface area contributed by atoms with Crippen LogP contribution in [0.4, 0.5) is 0 Å². The molecule has 1 aromatic rings. The van der Waals surface area contributed by atoms with Gasteiger partial charge in [-0.3, -0.25) is 9.59 Å². The minimum Gasteiger partial charge on any atom is -0.370 e. The summed E-state index contributed by atoms with van der Waals surface area (Å²) in [6.07, 6.45) is 2.72. The number of rotatable bonds is 5. The SMILES string of the molecule is O=C([C@@H]1CC(=O)N(C2CC2)C1)N1CC(OCc2ccccc2)C1. The number of carbonyl (C=O) groups excluding carboxylic acids is 2. The number of amides is 2. The number of carbonyl (C=O) groups is 2. The van der Waals surface area contributed by atoms with E-state index >= 15 is 0 Å². The van der Waals surface area contributed by atoms with Gasteiger partial charge in [-0.2, -0.15) is 0 Å². The monoisotopic (exact) mass is 314 g/mol. The Labute approximate surface area is 136 Å². The third kappa shape index (κ3) is 3.11. The predicted molar refractivity (Wildman–Crippen MR) is 84.4 cm³/mol. The molecule has 0 unspecified atom stereocenters. The first-order chi connectivity index (χ1) is 11.2. The highest BCUT2D eigenvalue weighted by Gasteiger charge is 2.44. The third-order valence-electron chi connectivity index (χ3n) is 4.98. The Kier molecular flexibility index (Phi) is 3.81. The normalized spacial score (nSPS) is 24.9. The van der Waals surface area contributed by atoms with Gasteiger partial charge in [-0.1, -0.05) is 30.3 Å². The van der Waals surface area contributed by atoms with E-state index in [9.17, 15) is 9.59 Å². The maximum Gasteiger partial charge on any atom is 0.228 e. The van der Waals surface area contributed by atoms with E-state index < -0.39 is 0 Å². The lowest BCUT2D eigenvalue weighted by Gasteiger charge is -2.40. The number of benzene rings is 1. The lowest BCUT2D eigenvalue weighted by atomic mass is 10.0. The number of hydrogen-bond acceptors (Lipinski definition) is 3. The zero-order chi connectivity index (χ0) is 15.8. The molecular weight excluding hydrogens is 292 g/mol. The minimum absolute atomic E-state index is 0.121. The first-order valence-electron chi connectivity index (χ1n) is 8.44.